The van der Waals surface area contributed by atoms with Gasteiger partial charge in [0.05, 0.1) is 5.56 Å². The van der Waals surface area contributed by atoms with E-state index in [0.29, 0.717) is 12.2 Å². The standard InChI is InChI=1S/C17H19NO2/c1-2-18-12-14-8-10-16(11-9-14)17(19)20-13-15-6-4-3-5-7-15/h3-11,18H,2,12-13H2,1H3. The molecule has 0 saturated carbocycles. The summed E-state index contributed by atoms with van der Waals surface area (Å²) in [6, 6.07) is 17.2. The first kappa shape index (κ1) is 14.3. The number of nitrogens with one attached hydrogen (secondary N) is 1. The lowest BCUT2D eigenvalue weighted by Gasteiger charge is -2.06. The Morgan fingerprint density at radius 3 is 2.35 bits per heavy atom. The molecule has 0 unspecified atom stereocenters. The Hall–Kier alpha value is -2.13. The number of rotatable bonds is 6. The van der Waals surface area contributed by atoms with Crippen molar-refractivity contribution < 1.29 is 9.53 Å². The number of ether oxygens (including phenoxy) is 1. The molecular weight excluding hydrogens is 250 g/mol. The molecule has 2 aromatic rings. The van der Waals surface area contributed by atoms with E-state index in [0.717, 1.165) is 24.2 Å². The minimum absolute atomic E-state index is 0.288. The van der Waals surface area contributed by atoms with E-state index in [2.05, 4.69) is 12.2 Å². The molecule has 3 nitrogen and oxygen atoms in total. The second kappa shape index (κ2) is 7.46. The number of hydrogen-bond donors (Lipinski definition) is 1. The van der Waals surface area contributed by atoms with Crippen LogP contribution in [-0.2, 0) is 17.9 Å². The molecule has 20 heavy (non-hydrogen) atoms. The van der Waals surface area contributed by atoms with Gasteiger partial charge in [-0.3, -0.25) is 0 Å². The SMILES string of the molecule is CCNCc1ccc(C(=O)OCc2ccccc2)cc1. The lowest BCUT2D eigenvalue weighted by Crippen LogP contribution is -2.12. The van der Waals surface area contributed by atoms with Crippen molar-refractivity contribution in [1.82, 2.24) is 5.32 Å². The van der Waals surface area contributed by atoms with E-state index in [1.165, 1.54) is 0 Å². The summed E-state index contributed by atoms with van der Waals surface area (Å²) in [7, 11) is 0. The highest BCUT2D eigenvalue weighted by atomic mass is 16.5. The van der Waals surface area contributed by atoms with E-state index in [1.807, 2.05) is 42.5 Å². The van der Waals surface area contributed by atoms with E-state index in [4.69, 9.17) is 4.74 Å². The lowest BCUT2D eigenvalue weighted by atomic mass is 10.1. The molecule has 104 valence electrons. The van der Waals surface area contributed by atoms with Gasteiger partial charge in [0.1, 0.15) is 6.61 Å². The normalized spacial score (nSPS) is 10.2. The minimum atomic E-state index is -0.288. The summed E-state index contributed by atoms with van der Waals surface area (Å²) in [6.07, 6.45) is 0. The van der Waals surface area contributed by atoms with Crippen molar-refractivity contribution in [3.8, 4) is 0 Å². The van der Waals surface area contributed by atoms with Gasteiger partial charge in [-0.1, -0.05) is 49.4 Å². The Kier molecular flexibility index (Phi) is 5.33. The van der Waals surface area contributed by atoms with Crippen LogP contribution in [-0.4, -0.2) is 12.5 Å². The fraction of sp³-hybridized carbons (Fsp3) is 0.235. The first-order valence-electron chi connectivity index (χ1n) is 6.80. The minimum Gasteiger partial charge on any atom is -0.457 e. The summed E-state index contributed by atoms with van der Waals surface area (Å²) in [6.45, 7) is 4.12. The molecule has 0 heterocycles. The van der Waals surface area contributed by atoms with Crippen LogP contribution in [0, 0.1) is 0 Å². The van der Waals surface area contributed by atoms with Gasteiger partial charge in [-0.05, 0) is 29.8 Å². The molecule has 3 heteroatoms. The van der Waals surface area contributed by atoms with Crippen LogP contribution in [0.1, 0.15) is 28.4 Å². The first-order valence-corrected chi connectivity index (χ1v) is 6.80. The molecule has 0 radical (unpaired) electrons. The van der Waals surface area contributed by atoms with Crippen LogP contribution in [0.25, 0.3) is 0 Å². The summed E-state index contributed by atoms with van der Waals surface area (Å²) in [4.78, 5) is 11.9. The van der Waals surface area contributed by atoms with E-state index in [-0.39, 0.29) is 5.97 Å². The zero-order valence-electron chi connectivity index (χ0n) is 11.6. The maximum atomic E-state index is 11.9. The van der Waals surface area contributed by atoms with Crippen LogP contribution in [0.15, 0.2) is 54.6 Å². The van der Waals surface area contributed by atoms with Crippen LogP contribution in [0.3, 0.4) is 0 Å². The molecule has 2 aromatic carbocycles. The fourth-order valence-corrected chi connectivity index (χ4v) is 1.83. The van der Waals surface area contributed by atoms with Gasteiger partial charge in [-0.15, -0.1) is 0 Å². The van der Waals surface area contributed by atoms with Crippen LogP contribution in [0.2, 0.25) is 0 Å². The van der Waals surface area contributed by atoms with Gasteiger partial charge < -0.3 is 10.1 Å². The summed E-state index contributed by atoms with van der Waals surface area (Å²) < 4.78 is 5.28. The van der Waals surface area contributed by atoms with Crippen molar-refractivity contribution in [2.45, 2.75) is 20.1 Å². The Balaban J connectivity index is 1.89. The summed E-state index contributed by atoms with van der Waals surface area (Å²) in [5.74, 6) is -0.288. The van der Waals surface area contributed by atoms with Crippen molar-refractivity contribution in [3.63, 3.8) is 0 Å². The van der Waals surface area contributed by atoms with Crippen molar-refractivity contribution in [2.24, 2.45) is 0 Å². The zero-order chi connectivity index (χ0) is 14.2. The Morgan fingerprint density at radius 1 is 1.00 bits per heavy atom. The van der Waals surface area contributed by atoms with Gasteiger partial charge in [-0.25, -0.2) is 4.79 Å². The Bertz CT molecular complexity index is 535. The predicted molar refractivity (Wildman–Crippen MR) is 79.4 cm³/mol. The average molecular weight is 269 g/mol. The summed E-state index contributed by atoms with van der Waals surface area (Å²) in [5, 5.41) is 3.24. The van der Waals surface area contributed by atoms with Gasteiger partial charge in [0.2, 0.25) is 0 Å². The van der Waals surface area contributed by atoms with E-state index < -0.39 is 0 Å². The molecule has 0 saturated heterocycles. The first-order chi connectivity index (χ1) is 9.79. The monoisotopic (exact) mass is 269 g/mol. The fourth-order valence-electron chi connectivity index (χ4n) is 1.83. The predicted octanol–water partition coefficient (Wildman–Crippen LogP) is 3.15. The Labute approximate surface area is 119 Å². The van der Waals surface area contributed by atoms with Crippen molar-refractivity contribution in [1.29, 1.82) is 0 Å². The largest absolute Gasteiger partial charge is 0.457 e. The van der Waals surface area contributed by atoms with Crippen molar-refractivity contribution in [2.75, 3.05) is 6.54 Å². The number of carbonyl (C=O) groups excluding carboxylic acids is 1. The molecule has 0 atom stereocenters. The second-order valence-corrected chi connectivity index (χ2v) is 4.54. The van der Waals surface area contributed by atoms with Gasteiger partial charge in [0.25, 0.3) is 0 Å². The number of carbonyl (C=O) groups is 1. The van der Waals surface area contributed by atoms with Gasteiger partial charge in [0, 0.05) is 6.54 Å². The molecule has 0 aromatic heterocycles. The molecule has 0 aliphatic heterocycles. The summed E-state index contributed by atoms with van der Waals surface area (Å²) >= 11 is 0. The highest BCUT2D eigenvalue weighted by Crippen LogP contribution is 2.08. The van der Waals surface area contributed by atoms with E-state index in [1.54, 1.807) is 12.1 Å². The number of esters is 1. The average Bonchev–Trinajstić information content (AvgIpc) is 2.52. The lowest BCUT2D eigenvalue weighted by molar-refractivity contribution is 0.0472. The van der Waals surface area contributed by atoms with Crippen LogP contribution in [0.4, 0.5) is 0 Å². The maximum Gasteiger partial charge on any atom is 0.338 e. The number of hydrogen-bond acceptors (Lipinski definition) is 3. The molecule has 0 aliphatic carbocycles. The molecular formula is C17H19NO2. The van der Waals surface area contributed by atoms with Gasteiger partial charge >= 0.3 is 5.97 Å². The zero-order valence-corrected chi connectivity index (χ0v) is 11.6. The third-order valence-corrected chi connectivity index (χ3v) is 2.98. The maximum absolute atomic E-state index is 11.9. The highest BCUT2D eigenvalue weighted by Gasteiger charge is 2.07. The smallest absolute Gasteiger partial charge is 0.338 e. The van der Waals surface area contributed by atoms with Gasteiger partial charge in [-0.2, -0.15) is 0 Å². The third-order valence-electron chi connectivity index (χ3n) is 2.98. The van der Waals surface area contributed by atoms with E-state index in [9.17, 15) is 4.79 Å². The molecule has 0 amide bonds. The van der Waals surface area contributed by atoms with Crippen LogP contribution in [0.5, 0.6) is 0 Å². The second-order valence-electron chi connectivity index (χ2n) is 4.54. The van der Waals surface area contributed by atoms with Crippen LogP contribution >= 0.6 is 0 Å². The molecule has 0 fully saturated rings. The topological polar surface area (TPSA) is 38.3 Å². The molecule has 0 bridgehead atoms. The molecule has 1 N–H and O–H groups in total. The van der Waals surface area contributed by atoms with Crippen molar-refractivity contribution in [3.05, 3.63) is 71.3 Å². The number of benzene rings is 2. The molecule has 0 spiro atoms. The highest BCUT2D eigenvalue weighted by molar-refractivity contribution is 5.89. The van der Waals surface area contributed by atoms with Crippen LogP contribution < -0.4 is 5.32 Å². The Morgan fingerprint density at radius 2 is 1.70 bits per heavy atom. The third kappa shape index (κ3) is 4.21. The molecule has 0 aliphatic rings. The van der Waals surface area contributed by atoms with E-state index >= 15 is 0 Å². The molecule has 2 rings (SSSR count). The quantitative estimate of drug-likeness (QED) is 0.819. The van der Waals surface area contributed by atoms with Gasteiger partial charge in [0.15, 0.2) is 0 Å². The summed E-state index contributed by atoms with van der Waals surface area (Å²) in [5.41, 5.74) is 2.73. The van der Waals surface area contributed by atoms with Crippen molar-refractivity contribution >= 4 is 5.97 Å².